The first kappa shape index (κ1) is 16.7. The molecule has 1 N–H and O–H groups in total. The van der Waals surface area contributed by atoms with Crippen LogP contribution in [-0.2, 0) is 14.3 Å². The highest BCUT2D eigenvalue weighted by atomic mass is 16.7. The minimum atomic E-state index is -0.770. The van der Waals surface area contributed by atoms with Crippen molar-refractivity contribution in [3.8, 4) is 0 Å². The van der Waals surface area contributed by atoms with E-state index in [9.17, 15) is 4.79 Å². The predicted molar refractivity (Wildman–Crippen MR) is 80.1 cm³/mol. The van der Waals surface area contributed by atoms with Gasteiger partial charge in [-0.15, -0.1) is 0 Å². The van der Waals surface area contributed by atoms with Crippen LogP contribution in [0.1, 0.15) is 52.9 Å². The van der Waals surface area contributed by atoms with Crippen LogP contribution in [0.5, 0.6) is 0 Å². The van der Waals surface area contributed by atoms with Crippen molar-refractivity contribution < 1.29 is 19.4 Å². The number of piperidine rings is 1. The molecular weight excluding hydrogens is 270 g/mol. The standard InChI is InChI=1S/C16H29NO4/c1-12(2)17-8-6-13(7-9-17)10-16(3)20-11-14(21-16)4-5-15(18)19/h12-14H,4-11H2,1-3H3,(H,18,19). The summed E-state index contributed by atoms with van der Waals surface area (Å²) in [6.07, 6.45) is 3.93. The van der Waals surface area contributed by atoms with E-state index >= 15 is 0 Å². The van der Waals surface area contributed by atoms with Gasteiger partial charge in [0.2, 0.25) is 0 Å². The van der Waals surface area contributed by atoms with E-state index in [1.165, 1.54) is 12.8 Å². The van der Waals surface area contributed by atoms with E-state index in [0.717, 1.165) is 19.5 Å². The van der Waals surface area contributed by atoms with Gasteiger partial charge < -0.3 is 19.5 Å². The van der Waals surface area contributed by atoms with Crippen LogP contribution in [-0.4, -0.2) is 53.6 Å². The number of hydrogen-bond donors (Lipinski definition) is 1. The lowest BCUT2D eigenvalue weighted by atomic mass is 9.89. The van der Waals surface area contributed by atoms with Gasteiger partial charge in [0.15, 0.2) is 5.79 Å². The van der Waals surface area contributed by atoms with Crippen molar-refractivity contribution in [2.24, 2.45) is 5.92 Å². The Balaban J connectivity index is 1.74. The van der Waals surface area contributed by atoms with Crippen molar-refractivity contribution in [3.05, 3.63) is 0 Å². The van der Waals surface area contributed by atoms with Gasteiger partial charge in [-0.25, -0.2) is 0 Å². The molecule has 0 aromatic heterocycles. The second-order valence-electron chi connectivity index (χ2n) is 6.89. The Morgan fingerprint density at radius 2 is 2.05 bits per heavy atom. The third-order valence-electron chi connectivity index (χ3n) is 4.71. The Morgan fingerprint density at radius 3 is 2.62 bits per heavy atom. The summed E-state index contributed by atoms with van der Waals surface area (Å²) in [5.74, 6) is -0.648. The Labute approximate surface area is 127 Å². The number of carboxylic acid groups (broad SMARTS) is 1. The minimum Gasteiger partial charge on any atom is -0.481 e. The lowest BCUT2D eigenvalue weighted by Gasteiger charge is -2.37. The van der Waals surface area contributed by atoms with Crippen LogP contribution in [0.2, 0.25) is 0 Å². The maximum atomic E-state index is 10.6. The molecular formula is C16H29NO4. The van der Waals surface area contributed by atoms with E-state index in [1.54, 1.807) is 0 Å². The van der Waals surface area contributed by atoms with E-state index in [0.29, 0.717) is 25.0 Å². The Hall–Kier alpha value is -0.650. The Kier molecular flexibility index (Phi) is 5.63. The van der Waals surface area contributed by atoms with E-state index < -0.39 is 11.8 Å². The Bertz CT molecular complexity index is 352. The summed E-state index contributed by atoms with van der Waals surface area (Å²) in [7, 11) is 0. The molecule has 5 heteroatoms. The zero-order chi connectivity index (χ0) is 15.5. The number of carbonyl (C=O) groups is 1. The van der Waals surface area contributed by atoms with Gasteiger partial charge in [-0.1, -0.05) is 0 Å². The summed E-state index contributed by atoms with van der Waals surface area (Å²) in [6.45, 7) is 9.33. The van der Waals surface area contributed by atoms with Gasteiger partial charge >= 0.3 is 5.97 Å². The molecule has 0 aromatic rings. The summed E-state index contributed by atoms with van der Waals surface area (Å²) in [5, 5.41) is 8.73. The molecule has 2 fully saturated rings. The van der Waals surface area contributed by atoms with Crippen LogP contribution in [0.3, 0.4) is 0 Å². The smallest absolute Gasteiger partial charge is 0.303 e. The highest BCUT2D eigenvalue weighted by Crippen LogP contribution is 2.35. The van der Waals surface area contributed by atoms with E-state index in [1.807, 2.05) is 6.92 Å². The summed E-state index contributed by atoms with van der Waals surface area (Å²) in [4.78, 5) is 13.1. The monoisotopic (exact) mass is 299 g/mol. The molecule has 0 amide bonds. The van der Waals surface area contributed by atoms with Gasteiger partial charge in [0.25, 0.3) is 0 Å². The van der Waals surface area contributed by atoms with Crippen molar-refractivity contribution in [1.29, 1.82) is 0 Å². The first-order chi connectivity index (χ1) is 9.88. The normalized spacial score (nSPS) is 31.9. The molecule has 0 aliphatic carbocycles. The molecule has 2 saturated heterocycles. The van der Waals surface area contributed by atoms with Crippen LogP contribution in [0.15, 0.2) is 0 Å². The third-order valence-corrected chi connectivity index (χ3v) is 4.71. The molecule has 0 bridgehead atoms. The number of likely N-dealkylation sites (tertiary alicyclic amines) is 1. The number of nitrogens with zero attached hydrogens (tertiary/aromatic N) is 1. The predicted octanol–water partition coefficient (Wildman–Crippen LogP) is 2.49. The molecule has 2 aliphatic heterocycles. The van der Waals surface area contributed by atoms with Crippen LogP contribution in [0.4, 0.5) is 0 Å². The van der Waals surface area contributed by atoms with Gasteiger partial charge in [0, 0.05) is 18.9 Å². The molecule has 2 atom stereocenters. The molecule has 0 aromatic carbocycles. The molecule has 2 heterocycles. The lowest BCUT2D eigenvalue weighted by molar-refractivity contribution is -0.170. The zero-order valence-corrected chi connectivity index (χ0v) is 13.5. The fourth-order valence-electron chi connectivity index (χ4n) is 3.42. The molecule has 0 spiro atoms. The third kappa shape index (κ3) is 4.94. The lowest BCUT2D eigenvalue weighted by Crippen LogP contribution is -2.40. The van der Waals surface area contributed by atoms with Crippen LogP contribution in [0.25, 0.3) is 0 Å². The van der Waals surface area contributed by atoms with Crippen molar-refractivity contribution in [1.82, 2.24) is 4.90 Å². The van der Waals surface area contributed by atoms with Gasteiger partial charge in [0.05, 0.1) is 12.7 Å². The quantitative estimate of drug-likeness (QED) is 0.816. The summed E-state index contributed by atoms with van der Waals surface area (Å²) >= 11 is 0. The number of aliphatic carboxylic acids is 1. The van der Waals surface area contributed by atoms with Crippen molar-refractivity contribution in [3.63, 3.8) is 0 Å². The van der Waals surface area contributed by atoms with Gasteiger partial charge in [-0.2, -0.15) is 0 Å². The van der Waals surface area contributed by atoms with Crippen molar-refractivity contribution in [2.45, 2.75) is 70.8 Å². The number of hydrogen-bond acceptors (Lipinski definition) is 4. The molecule has 2 unspecified atom stereocenters. The molecule has 0 saturated carbocycles. The molecule has 5 nitrogen and oxygen atoms in total. The van der Waals surface area contributed by atoms with E-state index in [4.69, 9.17) is 14.6 Å². The molecule has 2 aliphatic rings. The van der Waals surface area contributed by atoms with Gasteiger partial charge in [-0.05, 0) is 59.0 Å². The number of carboxylic acids is 1. The summed E-state index contributed by atoms with van der Waals surface area (Å²) in [5.41, 5.74) is 0. The number of ether oxygens (including phenoxy) is 2. The first-order valence-electron chi connectivity index (χ1n) is 8.15. The van der Waals surface area contributed by atoms with Crippen LogP contribution in [0, 0.1) is 5.92 Å². The second kappa shape index (κ2) is 7.07. The average Bonchev–Trinajstić information content (AvgIpc) is 2.78. The fourth-order valence-corrected chi connectivity index (χ4v) is 3.42. The molecule has 21 heavy (non-hydrogen) atoms. The summed E-state index contributed by atoms with van der Waals surface area (Å²) in [6, 6.07) is 0.626. The SMILES string of the molecule is CC(C)N1CCC(CC2(C)OCC(CCC(=O)O)O2)CC1. The van der Waals surface area contributed by atoms with Crippen molar-refractivity contribution in [2.75, 3.05) is 19.7 Å². The number of rotatable bonds is 6. The second-order valence-corrected chi connectivity index (χ2v) is 6.89. The molecule has 0 radical (unpaired) electrons. The van der Waals surface area contributed by atoms with Gasteiger partial charge in [0.1, 0.15) is 0 Å². The molecule has 122 valence electrons. The first-order valence-corrected chi connectivity index (χ1v) is 8.15. The average molecular weight is 299 g/mol. The maximum absolute atomic E-state index is 10.6. The fraction of sp³-hybridized carbons (Fsp3) is 0.938. The minimum absolute atomic E-state index is 0.0677. The van der Waals surface area contributed by atoms with Gasteiger partial charge in [-0.3, -0.25) is 4.79 Å². The van der Waals surface area contributed by atoms with E-state index in [-0.39, 0.29) is 12.5 Å². The highest BCUT2D eigenvalue weighted by molar-refractivity contribution is 5.66. The zero-order valence-electron chi connectivity index (χ0n) is 13.5. The largest absolute Gasteiger partial charge is 0.481 e. The van der Waals surface area contributed by atoms with Crippen LogP contribution < -0.4 is 0 Å². The maximum Gasteiger partial charge on any atom is 0.303 e. The highest BCUT2D eigenvalue weighted by Gasteiger charge is 2.39. The van der Waals surface area contributed by atoms with Crippen LogP contribution >= 0.6 is 0 Å². The van der Waals surface area contributed by atoms with E-state index in [2.05, 4.69) is 18.7 Å². The van der Waals surface area contributed by atoms with Crippen molar-refractivity contribution >= 4 is 5.97 Å². The summed E-state index contributed by atoms with van der Waals surface area (Å²) < 4.78 is 11.8. The molecule has 2 rings (SSSR count). The topological polar surface area (TPSA) is 59.0 Å². The Morgan fingerprint density at radius 1 is 1.38 bits per heavy atom.